The maximum Gasteiger partial charge on any atom is 0.310 e. The first-order valence-corrected chi connectivity index (χ1v) is 7.21. The summed E-state index contributed by atoms with van der Waals surface area (Å²) in [5.74, 6) is 0.545. The van der Waals surface area contributed by atoms with E-state index in [0.29, 0.717) is 30.3 Å². The first-order valence-electron chi connectivity index (χ1n) is 7.21. The maximum atomic E-state index is 11.7. The molecule has 0 amide bonds. The lowest BCUT2D eigenvalue weighted by Crippen LogP contribution is -2.35. The van der Waals surface area contributed by atoms with E-state index < -0.39 is 11.4 Å². The average Bonchev–Trinajstić information content (AvgIpc) is 3.08. The second kappa shape index (κ2) is 5.35. The molecule has 21 heavy (non-hydrogen) atoms. The van der Waals surface area contributed by atoms with E-state index in [1.807, 2.05) is 13.0 Å². The van der Waals surface area contributed by atoms with E-state index in [9.17, 15) is 9.90 Å². The summed E-state index contributed by atoms with van der Waals surface area (Å²) in [6.45, 7) is 1.90. The monoisotopic (exact) mass is 290 g/mol. The highest BCUT2D eigenvalue weighted by molar-refractivity contribution is 5.75. The topological polar surface area (TPSA) is 89.4 Å². The lowest BCUT2D eigenvalue weighted by Gasteiger charge is -2.31. The Morgan fingerprint density at radius 3 is 2.76 bits per heavy atom. The molecule has 0 saturated heterocycles. The van der Waals surface area contributed by atoms with Gasteiger partial charge in [-0.05, 0) is 31.4 Å². The Bertz CT molecular complexity index is 638. The van der Waals surface area contributed by atoms with Crippen molar-refractivity contribution in [2.45, 2.75) is 45.4 Å². The Morgan fingerprint density at radius 1 is 1.38 bits per heavy atom. The lowest BCUT2D eigenvalue weighted by molar-refractivity contribution is -0.151. The van der Waals surface area contributed by atoms with Crippen molar-refractivity contribution in [2.75, 3.05) is 0 Å². The normalized spacial score (nSPS) is 17.8. The maximum absolute atomic E-state index is 11.7. The summed E-state index contributed by atoms with van der Waals surface area (Å²) in [5.41, 5.74) is 0.160. The number of aryl methyl sites for hydroxylation is 1. The SMILES string of the molecule is Cc1ccoc1-c1noc(CC2(C(=O)O)CCCCC2)n1. The molecule has 0 bridgehead atoms. The lowest BCUT2D eigenvalue weighted by atomic mass is 9.72. The van der Waals surface area contributed by atoms with Crippen LogP contribution in [-0.4, -0.2) is 21.2 Å². The van der Waals surface area contributed by atoms with Gasteiger partial charge in [-0.1, -0.05) is 24.4 Å². The minimum absolute atomic E-state index is 0.287. The van der Waals surface area contributed by atoms with Crippen molar-refractivity contribution >= 4 is 5.97 Å². The zero-order valence-electron chi connectivity index (χ0n) is 12.0. The van der Waals surface area contributed by atoms with Crippen LogP contribution in [-0.2, 0) is 11.2 Å². The average molecular weight is 290 g/mol. The number of rotatable bonds is 4. The summed E-state index contributed by atoms with van der Waals surface area (Å²) in [6, 6.07) is 1.82. The van der Waals surface area contributed by atoms with Crippen molar-refractivity contribution in [2.24, 2.45) is 5.41 Å². The third-order valence-corrected chi connectivity index (χ3v) is 4.29. The molecule has 1 aliphatic rings. The van der Waals surface area contributed by atoms with Crippen LogP contribution in [0.25, 0.3) is 11.6 Å². The number of nitrogens with zero attached hydrogens (tertiary/aromatic N) is 2. The van der Waals surface area contributed by atoms with E-state index in [1.165, 1.54) is 0 Å². The molecule has 6 nitrogen and oxygen atoms in total. The third-order valence-electron chi connectivity index (χ3n) is 4.29. The molecule has 0 radical (unpaired) electrons. The van der Waals surface area contributed by atoms with Gasteiger partial charge < -0.3 is 14.0 Å². The smallest absolute Gasteiger partial charge is 0.310 e. The Kier molecular flexibility index (Phi) is 3.53. The van der Waals surface area contributed by atoms with Crippen LogP contribution >= 0.6 is 0 Å². The van der Waals surface area contributed by atoms with Crippen molar-refractivity contribution in [1.29, 1.82) is 0 Å². The summed E-state index contributed by atoms with van der Waals surface area (Å²) in [7, 11) is 0. The van der Waals surface area contributed by atoms with Gasteiger partial charge >= 0.3 is 5.97 Å². The van der Waals surface area contributed by atoms with Crippen LogP contribution in [0.3, 0.4) is 0 Å². The minimum atomic E-state index is -0.767. The largest absolute Gasteiger partial charge is 0.481 e. The molecule has 0 atom stereocenters. The number of hydrogen-bond donors (Lipinski definition) is 1. The highest BCUT2D eigenvalue weighted by Crippen LogP contribution is 2.39. The Balaban J connectivity index is 1.83. The molecule has 0 aliphatic heterocycles. The van der Waals surface area contributed by atoms with Crippen LogP contribution in [0.4, 0.5) is 0 Å². The van der Waals surface area contributed by atoms with E-state index in [0.717, 1.165) is 24.8 Å². The standard InChI is InChI=1S/C15H18N2O4/c1-10-5-8-20-12(10)13-16-11(21-17-13)9-15(14(18)19)6-3-2-4-7-15/h5,8H,2-4,6-7,9H2,1H3,(H,18,19). The number of furan rings is 1. The second-order valence-electron chi connectivity index (χ2n) is 5.77. The van der Waals surface area contributed by atoms with Crippen molar-refractivity contribution in [1.82, 2.24) is 10.1 Å². The summed E-state index contributed by atoms with van der Waals surface area (Å²) in [4.78, 5) is 16.0. The molecule has 3 rings (SSSR count). The van der Waals surface area contributed by atoms with Crippen LogP contribution in [0.1, 0.15) is 43.6 Å². The van der Waals surface area contributed by atoms with E-state index in [4.69, 9.17) is 8.94 Å². The van der Waals surface area contributed by atoms with E-state index in [-0.39, 0.29) is 6.42 Å². The van der Waals surface area contributed by atoms with Gasteiger partial charge in [0, 0.05) is 6.42 Å². The van der Waals surface area contributed by atoms with Gasteiger partial charge in [0.15, 0.2) is 5.76 Å². The first kappa shape index (κ1) is 13.9. The van der Waals surface area contributed by atoms with Gasteiger partial charge in [-0.2, -0.15) is 4.98 Å². The molecular weight excluding hydrogens is 272 g/mol. The van der Waals surface area contributed by atoms with Gasteiger partial charge in [-0.15, -0.1) is 0 Å². The summed E-state index contributed by atoms with van der Waals surface area (Å²) in [6.07, 6.45) is 6.15. The van der Waals surface area contributed by atoms with Gasteiger partial charge in [-0.3, -0.25) is 4.79 Å². The molecular formula is C15H18N2O4. The predicted molar refractivity (Wildman–Crippen MR) is 73.6 cm³/mol. The van der Waals surface area contributed by atoms with Crippen molar-refractivity contribution < 1.29 is 18.8 Å². The molecule has 1 aliphatic carbocycles. The zero-order valence-corrected chi connectivity index (χ0v) is 12.0. The fourth-order valence-electron chi connectivity index (χ4n) is 3.00. The highest BCUT2D eigenvalue weighted by atomic mass is 16.5. The molecule has 0 aromatic carbocycles. The first-order chi connectivity index (χ1) is 10.1. The summed E-state index contributed by atoms with van der Waals surface area (Å²) >= 11 is 0. The molecule has 2 heterocycles. The van der Waals surface area contributed by atoms with Crippen LogP contribution in [0.2, 0.25) is 0 Å². The predicted octanol–water partition coefficient (Wildman–Crippen LogP) is 3.22. The Morgan fingerprint density at radius 2 is 2.14 bits per heavy atom. The van der Waals surface area contributed by atoms with Crippen LogP contribution in [0, 0.1) is 12.3 Å². The summed E-state index contributed by atoms with van der Waals surface area (Å²) < 4.78 is 10.6. The second-order valence-corrected chi connectivity index (χ2v) is 5.77. The quantitative estimate of drug-likeness (QED) is 0.929. The van der Waals surface area contributed by atoms with Gasteiger partial charge in [0.05, 0.1) is 11.7 Å². The minimum Gasteiger partial charge on any atom is -0.481 e. The molecule has 112 valence electrons. The number of carboxylic acids is 1. The van der Waals surface area contributed by atoms with Gasteiger partial charge in [0.2, 0.25) is 11.7 Å². The van der Waals surface area contributed by atoms with E-state index in [2.05, 4.69) is 10.1 Å². The molecule has 1 N–H and O–H groups in total. The number of aromatic nitrogens is 2. The van der Waals surface area contributed by atoms with Crippen LogP contribution in [0.15, 0.2) is 21.3 Å². The van der Waals surface area contributed by atoms with Gasteiger partial charge in [0.1, 0.15) is 0 Å². The van der Waals surface area contributed by atoms with Crippen molar-refractivity contribution in [3.63, 3.8) is 0 Å². The number of hydrogen-bond acceptors (Lipinski definition) is 5. The molecule has 0 spiro atoms. The molecule has 1 saturated carbocycles. The Labute approximate surface area is 122 Å². The number of carbonyl (C=O) groups is 1. The molecule has 2 aromatic rings. The molecule has 0 unspecified atom stereocenters. The summed E-state index contributed by atoms with van der Waals surface area (Å²) in [5, 5.41) is 13.5. The van der Waals surface area contributed by atoms with E-state index in [1.54, 1.807) is 6.26 Å². The highest BCUT2D eigenvalue weighted by Gasteiger charge is 2.41. The molecule has 2 aromatic heterocycles. The third kappa shape index (κ3) is 2.57. The van der Waals surface area contributed by atoms with Gasteiger partial charge in [-0.25, -0.2) is 0 Å². The fraction of sp³-hybridized carbons (Fsp3) is 0.533. The van der Waals surface area contributed by atoms with Crippen molar-refractivity contribution in [3.8, 4) is 11.6 Å². The fourth-order valence-corrected chi connectivity index (χ4v) is 3.00. The van der Waals surface area contributed by atoms with Crippen LogP contribution < -0.4 is 0 Å². The van der Waals surface area contributed by atoms with Gasteiger partial charge in [0.25, 0.3) is 0 Å². The number of aliphatic carboxylic acids is 1. The Hall–Kier alpha value is -2.11. The zero-order chi connectivity index (χ0) is 14.9. The van der Waals surface area contributed by atoms with Crippen molar-refractivity contribution in [3.05, 3.63) is 23.8 Å². The number of carboxylic acid groups (broad SMARTS) is 1. The molecule has 6 heteroatoms. The van der Waals surface area contributed by atoms with E-state index >= 15 is 0 Å². The molecule has 1 fully saturated rings. The van der Waals surface area contributed by atoms with Crippen LogP contribution in [0.5, 0.6) is 0 Å².